The number of esters is 1. The fraction of sp³-hybridized carbons (Fsp3) is 0.784. The van der Waals surface area contributed by atoms with Crippen molar-refractivity contribution in [3.63, 3.8) is 0 Å². The van der Waals surface area contributed by atoms with Crippen molar-refractivity contribution in [3.05, 3.63) is 29.8 Å². The Kier molecular flexibility index (Phi) is 12.0. The molecule has 43 heavy (non-hydrogen) atoms. The highest BCUT2D eigenvalue weighted by atomic mass is 28.4. The molecule has 5 atom stereocenters. The number of carbonyl (C=O) groups is 2. The lowest BCUT2D eigenvalue weighted by Crippen LogP contribution is -2.55. The van der Waals surface area contributed by atoms with Crippen molar-refractivity contribution >= 4 is 20.1 Å². The molecule has 1 aromatic carbocycles. The van der Waals surface area contributed by atoms with Gasteiger partial charge in [0.2, 0.25) is 0 Å². The van der Waals surface area contributed by atoms with E-state index in [9.17, 15) is 14.4 Å². The van der Waals surface area contributed by atoms with Crippen molar-refractivity contribution in [2.24, 2.45) is 23.2 Å². The van der Waals surface area contributed by atoms with Crippen LogP contribution in [0.4, 0.5) is 0 Å². The number of Topliss-reactive ketones (excluding diaryl/α,β-unsaturated/α-hetero) is 1. The highest BCUT2D eigenvalue weighted by Crippen LogP contribution is 2.55. The molecule has 0 saturated heterocycles. The summed E-state index contributed by atoms with van der Waals surface area (Å²) >= 11 is 0. The standard InChI is InChI=1S/C37H60O5Si/c1-28-16-21-32(34(27-28)42-35(39)37-23-14-15-33(38)31(37)22-24-37)36(2,3)29-17-19-30(20-18-29)41-25-12-10-8-6-7-9-11-13-26-43(4,5)40/h17-20,28,31-32,34,40H,6-16,21-27H2,1-5H3/t28-,31-,32-,34-,37+/m1/s1. The van der Waals surface area contributed by atoms with Crippen LogP contribution < -0.4 is 4.74 Å². The van der Waals surface area contributed by atoms with Crippen molar-refractivity contribution < 1.29 is 23.9 Å². The lowest BCUT2D eigenvalue weighted by Gasteiger charge is -2.51. The fourth-order valence-corrected chi connectivity index (χ4v) is 9.26. The van der Waals surface area contributed by atoms with E-state index >= 15 is 0 Å². The van der Waals surface area contributed by atoms with E-state index in [-0.39, 0.29) is 35.1 Å². The number of rotatable bonds is 16. The molecule has 1 N–H and O–H groups in total. The summed E-state index contributed by atoms with van der Waals surface area (Å²) in [5, 5.41) is 0. The van der Waals surface area contributed by atoms with Crippen LogP contribution in [0.1, 0.15) is 129 Å². The van der Waals surface area contributed by atoms with Gasteiger partial charge in [0.1, 0.15) is 17.6 Å². The summed E-state index contributed by atoms with van der Waals surface area (Å²) in [5.74, 6) is 1.79. The molecule has 3 aliphatic carbocycles. The molecule has 4 rings (SSSR count). The first kappa shape index (κ1) is 34.2. The number of hydrogen-bond donors (Lipinski definition) is 1. The Morgan fingerprint density at radius 3 is 2.23 bits per heavy atom. The molecule has 5 nitrogen and oxygen atoms in total. The fourth-order valence-electron chi connectivity index (χ4n) is 8.15. The first-order valence-electron chi connectivity index (χ1n) is 17.6. The van der Waals surface area contributed by atoms with Crippen molar-refractivity contribution in [2.45, 2.75) is 154 Å². The third-order valence-electron chi connectivity index (χ3n) is 11.2. The van der Waals surface area contributed by atoms with Crippen LogP contribution >= 0.6 is 0 Å². The first-order chi connectivity index (χ1) is 20.4. The second-order valence-electron chi connectivity index (χ2n) is 15.5. The SMILES string of the molecule is C[C@@H]1CC[C@@H](C(C)(C)c2ccc(OCCCCCCCCCC[Si](C)(C)O)cc2)[C@H](OC(=O)[C@]23CCCC(=O)[C@H]2CC3)C1. The van der Waals surface area contributed by atoms with Gasteiger partial charge in [0.05, 0.1) is 12.0 Å². The quantitative estimate of drug-likeness (QED) is 0.114. The molecule has 0 spiro atoms. The summed E-state index contributed by atoms with van der Waals surface area (Å²) in [6.07, 6.45) is 16.8. The van der Waals surface area contributed by atoms with Crippen LogP contribution in [-0.4, -0.2) is 37.6 Å². The number of carbonyl (C=O) groups excluding carboxylic acids is 2. The highest BCUT2D eigenvalue weighted by Gasteiger charge is 2.58. The van der Waals surface area contributed by atoms with Gasteiger partial charge in [-0.25, -0.2) is 0 Å². The number of hydrogen-bond acceptors (Lipinski definition) is 5. The van der Waals surface area contributed by atoms with Gasteiger partial charge in [0, 0.05) is 18.3 Å². The molecule has 3 saturated carbocycles. The Bertz CT molecular complexity index is 1040. The molecule has 0 aliphatic heterocycles. The molecule has 0 aromatic heterocycles. The summed E-state index contributed by atoms with van der Waals surface area (Å²) in [5.41, 5.74) is 0.583. The Morgan fingerprint density at radius 1 is 0.953 bits per heavy atom. The van der Waals surface area contributed by atoms with E-state index in [0.29, 0.717) is 12.3 Å². The Hall–Kier alpha value is -1.66. The lowest BCUT2D eigenvalue weighted by atomic mass is 9.53. The third-order valence-corrected chi connectivity index (χ3v) is 12.8. The number of ketones is 1. The summed E-state index contributed by atoms with van der Waals surface area (Å²) in [7, 11) is -1.86. The van der Waals surface area contributed by atoms with Crippen molar-refractivity contribution in [1.29, 1.82) is 0 Å². The monoisotopic (exact) mass is 612 g/mol. The van der Waals surface area contributed by atoms with E-state index in [2.05, 4.69) is 45.0 Å². The van der Waals surface area contributed by atoms with Crippen LogP contribution in [0.2, 0.25) is 19.1 Å². The molecule has 242 valence electrons. The third kappa shape index (κ3) is 8.96. The van der Waals surface area contributed by atoms with E-state index in [1.54, 1.807) is 0 Å². The van der Waals surface area contributed by atoms with Gasteiger partial charge in [-0.2, -0.15) is 0 Å². The molecule has 3 aliphatic rings. The van der Waals surface area contributed by atoms with Gasteiger partial charge in [-0.1, -0.05) is 84.3 Å². The van der Waals surface area contributed by atoms with E-state index in [0.717, 1.165) is 69.8 Å². The van der Waals surface area contributed by atoms with E-state index < -0.39 is 13.7 Å². The topological polar surface area (TPSA) is 72.8 Å². The minimum atomic E-state index is -1.86. The average Bonchev–Trinajstić information content (AvgIpc) is 2.92. The Balaban J connectivity index is 1.22. The number of benzene rings is 1. The van der Waals surface area contributed by atoms with Gasteiger partial charge in [-0.05, 0) is 93.1 Å². The highest BCUT2D eigenvalue weighted by molar-refractivity contribution is 6.69. The predicted molar refractivity (Wildman–Crippen MR) is 177 cm³/mol. The maximum Gasteiger partial charge on any atom is 0.313 e. The van der Waals surface area contributed by atoms with Crippen molar-refractivity contribution in [3.8, 4) is 5.75 Å². The Morgan fingerprint density at radius 2 is 1.60 bits per heavy atom. The maximum absolute atomic E-state index is 13.6. The minimum absolute atomic E-state index is 0.0935. The summed E-state index contributed by atoms with van der Waals surface area (Å²) in [6, 6.07) is 9.64. The van der Waals surface area contributed by atoms with E-state index in [4.69, 9.17) is 9.47 Å². The zero-order chi connectivity index (χ0) is 31.1. The normalized spacial score (nSPS) is 27.7. The van der Waals surface area contributed by atoms with Crippen LogP contribution in [0.25, 0.3) is 0 Å². The lowest BCUT2D eigenvalue weighted by molar-refractivity contribution is -0.187. The first-order valence-corrected chi connectivity index (χ1v) is 20.8. The largest absolute Gasteiger partial charge is 0.494 e. The molecule has 6 heteroatoms. The zero-order valence-corrected chi connectivity index (χ0v) is 28.9. The van der Waals surface area contributed by atoms with Gasteiger partial charge in [-0.3, -0.25) is 9.59 Å². The number of unbranched alkanes of at least 4 members (excludes halogenated alkanes) is 7. The smallest absolute Gasteiger partial charge is 0.313 e. The van der Waals surface area contributed by atoms with Crippen LogP contribution in [-0.2, 0) is 19.7 Å². The second-order valence-corrected chi connectivity index (χ2v) is 19.6. The maximum atomic E-state index is 13.6. The van der Waals surface area contributed by atoms with Crippen LogP contribution in [0.3, 0.4) is 0 Å². The van der Waals surface area contributed by atoms with Gasteiger partial charge < -0.3 is 14.3 Å². The van der Waals surface area contributed by atoms with Gasteiger partial charge >= 0.3 is 5.97 Å². The number of ether oxygens (including phenoxy) is 2. The second kappa shape index (κ2) is 15.1. The minimum Gasteiger partial charge on any atom is -0.494 e. The van der Waals surface area contributed by atoms with Crippen LogP contribution in [0, 0.1) is 23.2 Å². The molecule has 0 heterocycles. The molecule has 0 amide bonds. The Labute approximate surface area is 263 Å². The van der Waals surface area contributed by atoms with Gasteiger partial charge in [0.15, 0.2) is 8.32 Å². The molecule has 0 bridgehead atoms. The van der Waals surface area contributed by atoms with Crippen molar-refractivity contribution in [1.82, 2.24) is 0 Å². The van der Waals surface area contributed by atoms with Gasteiger partial charge in [-0.15, -0.1) is 0 Å². The molecular weight excluding hydrogens is 552 g/mol. The van der Waals surface area contributed by atoms with E-state index in [1.807, 2.05) is 13.1 Å². The molecule has 0 unspecified atom stereocenters. The summed E-state index contributed by atoms with van der Waals surface area (Å²) < 4.78 is 12.5. The molecule has 0 radical (unpaired) electrons. The van der Waals surface area contributed by atoms with Gasteiger partial charge in [0.25, 0.3) is 0 Å². The predicted octanol–water partition coefficient (Wildman–Crippen LogP) is 9.16. The average molecular weight is 613 g/mol. The number of fused-ring (bicyclic) bond motifs is 1. The summed E-state index contributed by atoms with van der Waals surface area (Å²) in [4.78, 5) is 36.1. The van der Waals surface area contributed by atoms with E-state index in [1.165, 1.54) is 50.5 Å². The molecular formula is C37H60O5Si. The zero-order valence-electron chi connectivity index (χ0n) is 27.9. The summed E-state index contributed by atoms with van der Waals surface area (Å²) in [6.45, 7) is 11.7. The van der Waals surface area contributed by atoms with Crippen LogP contribution in [0.15, 0.2) is 24.3 Å². The van der Waals surface area contributed by atoms with Crippen molar-refractivity contribution in [2.75, 3.05) is 6.61 Å². The molecule has 3 fully saturated rings. The molecule has 1 aromatic rings. The van der Waals surface area contributed by atoms with Crippen LogP contribution in [0.5, 0.6) is 5.75 Å².